The van der Waals surface area contributed by atoms with Crippen LogP contribution in [0.1, 0.15) is 39.7 Å². The lowest BCUT2D eigenvalue weighted by molar-refractivity contribution is 0.333. The minimum Gasteiger partial charge on any atom is -0.368 e. The Morgan fingerprint density at radius 3 is 2.65 bits per heavy atom. The Kier molecular flexibility index (Phi) is 3.89. The van der Waals surface area contributed by atoms with Gasteiger partial charge in [0.2, 0.25) is 5.95 Å². The van der Waals surface area contributed by atoms with E-state index in [1.807, 2.05) is 0 Å². The summed E-state index contributed by atoms with van der Waals surface area (Å²) in [5.41, 5.74) is 6.04. The molecule has 1 atom stereocenters. The first-order chi connectivity index (χ1) is 7.88. The normalized spacial score (nSPS) is 12.9. The van der Waals surface area contributed by atoms with Crippen molar-refractivity contribution in [1.29, 1.82) is 5.26 Å². The number of aromatic nitrogens is 2. The number of nitrogens with zero attached hydrogens (tertiary/aromatic N) is 3. The summed E-state index contributed by atoms with van der Waals surface area (Å²) in [5, 5.41) is 12.3. The number of anilines is 2. The van der Waals surface area contributed by atoms with Crippen molar-refractivity contribution in [2.75, 3.05) is 11.1 Å². The van der Waals surface area contributed by atoms with Crippen molar-refractivity contribution in [3.05, 3.63) is 11.8 Å². The van der Waals surface area contributed by atoms with Crippen LogP contribution in [0.2, 0.25) is 0 Å². The van der Waals surface area contributed by atoms with Crippen LogP contribution in [-0.4, -0.2) is 16.0 Å². The Hall–Kier alpha value is -1.83. The van der Waals surface area contributed by atoms with Gasteiger partial charge in [-0.2, -0.15) is 10.2 Å². The monoisotopic (exact) mass is 233 g/mol. The number of nitriles is 1. The van der Waals surface area contributed by atoms with Crippen LogP contribution in [0.15, 0.2) is 6.20 Å². The fraction of sp³-hybridized carbons (Fsp3) is 0.583. The third kappa shape index (κ3) is 3.31. The summed E-state index contributed by atoms with van der Waals surface area (Å²) in [4.78, 5) is 7.89. The second-order valence-electron chi connectivity index (χ2n) is 5.07. The maximum absolute atomic E-state index is 8.99. The lowest BCUT2D eigenvalue weighted by atomic mass is 9.85. The predicted octanol–water partition coefficient (Wildman–Crippen LogP) is 2.17. The maximum atomic E-state index is 8.99. The van der Waals surface area contributed by atoms with Gasteiger partial charge in [0.25, 0.3) is 0 Å². The van der Waals surface area contributed by atoms with Crippen LogP contribution in [0, 0.1) is 16.7 Å². The van der Waals surface area contributed by atoms with E-state index in [1.54, 1.807) is 0 Å². The second kappa shape index (κ2) is 5.00. The molecule has 0 aliphatic carbocycles. The molecular weight excluding hydrogens is 214 g/mol. The van der Waals surface area contributed by atoms with Gasteiger partial charge in [0, 0.05) is 6.04 Å². The van der Waals surface area contributed by atoms with Gasteiger partial charge in [0.15, 0.2) is 0 Å². The first kappa shape index (κ1) is 13.2. The van der Waals surface area contributed by atoms with E-state index in [4.69, 9.17) is 11.0 Å². The maximum Gasteiger partial charge on any atom is 0.222 e. The molecule has 5 nitrogen and oxygen atoms in total. The molecule has 0 saturated heterocycles. The third-order valence-electron chi connectivity index (χ3n) is 2.69. The Morgan fingerprint density at radius 1 is 1.53 bits per heavy atom. The molecule has 0 unspecified atom stereocenters. The molecule has 0 radical (unpaired) electrons. The SMILES string of the molecule is CC[C@@H](Nc1nc(N)ncc1C#N)C(C)(C)C. The molecule has 0 aromatic carbocycles. The third-order valence-corrected chi connectivity index (χ3v) is 2.69. The van der Waals surface area contributed by atoms with Gasteiger partial charge >= 0.3 is 0 Å². The summed E-state index contributed by atoms with van der Waals surface area (Å²) >= 11 is 0. The van der Waals surface area contributed by atoms with Gasteiger partial charge in [-0.1, -0.05) is 27.7 Å². The molecule has 0 amide bonds. The van der Waals surface area contributed by atoms with E-state index in [0.717, 1.165) is 6.42 Å². The topological polar surface area (TPSA) is 87.6 Å². The summed E-state index contributed by atoms with van der Waals surface area (Å²) in [5.74, 6) is 0.692. The smallest absolute Gasteiger partial charge is 0.222 e. The van der Waals surface area contributed by atoms with E-state index in [9.17, 15) is 0 Å². The number of nitrogen functional groups attached to an aromatic ring is 1. The first-order valence-electron chi connectivity index (χ1n) is 5.67. The molecule has 0 bridgehead atoms. The molecular formula is C12H19N5. The quantitative estimate of drug-likeness (QED) is 0.835. The van der Waals surface area contributed by atoms with E-state index in [0.29, 0.717) is 11.4 Å². The summed E-state index contributed by atoms with van der Waals surface area (Å²) in [6, 6.07) is 2.29. The van der Waals surface area contributed by atoms with Gasteiger partial charge in [-0.3, -0.25) is 0 Å². The summed E-state index contributed by atoms with van der Waals surface area (Å²) in [7, 11) is 0. The molecule has 1 aromatic rings. The number of nitrogens with one attached hydrogen (secondary N) is 1. The van der Waals surface area contributed by atoms with Crippen LogP contribution < -0.4 is 11.1 Å². The van der Waals surface area contributed by atoms with Crippen molar-refractivity contribution in [3.63, 3.8) is 0 Å². The van der Waals surface area contributed by atoms with Gasteiger partial charge in [0.05, 0.1) is 6.20 Å². The minimum absolute atomic E-state index is 0.0845. The van der Waals surface area contributed by atoms with Crippen molar-refractivity contribution in [3.8, 4) is 6.07 Å². The van der Waals surface area contributed by atoms with E-state index < -0.39 is 0 Å². The van der Waals surface area contributed by atoms with Crippen molar-refractivity contribution in [1.82, 2.24) is 9.97 Å². The number of hydrogen-bond acceptors (Lipinski definition) is 5. The van der Waals surface area contributed by atoms with Gasteiger partial charge in [-0.15, -0.1) is 0 Å². The number of hydrogen-bond donors (Lipinski definition) is 2. The van der Waals surface area contributed by atoms with Crippen molar-refractivity contribution < 1.29 is 0 Å². The highest BCUT2D eigenvalue weighted by Gasteiger charge is 2.24. The Balaban J connectivity index is 3.01. The highest BCUT2D eigenvalue weighted by Crippen LogP contribution is 2.25. The van der Waals surface area contributed by atoms with Crippen molar-refractivity contribution in [2.45, 2.75) is 40.2 Å². The van der Waals surface area contributed by atoms with Crippen LogP contribution in [0.4, 0.5) is 11.8 Å². The zero-order valence-corrected chi connectivity index (χ0v) is 10.8. The zero-order valence-electron chi connectivity index (χ0n) is 10.8. The van der Waals surface area contributed by atoms with Gasteiger partial charge in [0.1, 0.15) is 17.5 Å². The van der Waals surface area contributed by atoms with Crippen molar-refractivity contribution >= 4 is 11.8 Å². The van der Waals surface area contributed by atoms with Gasteiger partial charge < -0.3 is 11.1 Å². The molecule has 0 spiro atoms. The first-order valence-corrected chi connectivity index (χ1v) is 5.67. The van der Waals surface area contributed by atoms with Crippen LogP contribution in [0.25, 0.3) is 0 Å². The van der Waals surface area contributed by atoms with Crippen LogP contribution in [0.5, 0.6) is 0 Å². The highest BCUT2D eigenvalue weighted by atomic mass is 15.1. The average molecular weight is 233 g/mol. The molecule has 1 heterocycles. The summed E-state index contributed by atoms with van der Waals surface area (Å²) in [6.45, 7) is 8.53. The molecule has 1 rings (SSSR count). The fourth-order valence-corrected chi connectivity index (χ4v) is 1.68. The number of nitrogens with two attached hydrogens (primary N) is 1. The zero-order chi connectivity index (χ0) is 13.1. The Morgan fingerprint density at radius 2 is 2.18 bits per heavy atom. The average Bonchev–Trinajstić information content (AvgIpc) is 2.24. The Bertz CT molecular complexity index is 428. The highest BCUT2D eigenvalue weighted by molar-refractivity contribution is 5.53. The Labute approximate surface area is 102 Å². The van der Waals surface area contributed by atoms with Crippen LogP contribution in [-0.2, 0) is 0 Å². The largest absolute Gasteiger partial charge is 0.368 e. The lowest BCUT2D eigenvalue weighted by Crippen LogP contribution is -2.34. The molecule has 17 heavy (non-hydrogen) atoms. The molecule has 3 N–H and O–H groups in total. The predicted molar refractivity (Wildman–Crippen MR) is 68.3 cm³/mol. The van der Waals surface area contributed by atoms with E-state index in [2.05, 4.69) is 49.0 Å². The summed E-state index contributed by atoms with van der Waals surface area (Å²) in [6.07, 6.45) is 2.39. The van der Waals surface area contributed by atoms with Crippen molar-refractivity contribution in [2.24, 2.45) is 5.41 Å². The lowest BCUT2D eigenvalue weighted by Gasteiger charge is -2.31. The molecule has 0 aliphatic rings. The molecule has 5 heteroatoms. The number of rotatable bonds is 3. The van der Waals surface area contributed by atoms with Gasteiger partial charge in [-0.05, 0) is 11.8 Å². The molecule has 1 aromatic heterocycles. The molecule has 0 fully saturated rings. The van der Waals surface area contributed by atoms with Crippen LogP contribution >= 0.6 is 0 Å². The fourth-order valence-electron chi connectivity index (χ4n) is 1.68. The second-order valence-corrected chi connectivity index (χ2v) is 5.07. The van der Waals surface area contributed by atoms with Gasteiger partial charge in [-0.25, -0.2) is 4.98 Å². The molecule has 0 saturated carbocycles. The minimum atomic E-state index is 0.0845. The standard InChI is InChI=1S/C12H19N5/c1-5-9(12(2,3)4)16-10-8(6-13)7-15-11(14)17-10/h7,9H,5H2,1-4H3,(H3,14,15,16,17)/t9-/m1/s1. The van der Waals surface area contributed by atoms with E-state index in [1.165, 1.54) is 6.20 Å². The molecule has 0 aliphatic heterocycles. The molecule has 92 valence electrons. The van der Waals surface area contributed by atoms with E-state index >= 15 is 0 Å². The van der Waals surface area contributed by atoms with Crippen LogP contribution in [0.3, 0.4) is 0 Å². The summed E-state index contributed by atoms with van der Waals surface area (Å²) < 4.78 is 0. The van der Waals surface area contributed by atoms with E-state index in [-0.39, 0.29) is 17.4 Å².